The number of carbonyl (C=O) groups is 1. The summed E-state index contributed by atoms with van der Waals surface area (Å²) in [6.45, 7) is 5.27. The lowest BCUT2D eigenvalue weighted by Gasteiger charge is -2.36. The van der Waals surface area contributed by atoms with Crippen molar-refractivity contribution in [1.82, 2.24) is 9.80 Å². The smallest absolute Gasteiger partial charge is 0.255 e. The van der Waals surface area contributed by atoms with Gasteiger partial charge in [-0.1, -0.05) is 13.0 Å². The first-order valence-corrected chi connectivity index (χ1v) is 10.1. The zero-order valence-electron chi connectivity index (χ0n) is 17.0. The molecule has 0 aromatic heterocycles. The molecule has 2 aromatic rings. The van der Waals surface area contributed by atoms with Gasteiger partial charge in [-0.15, -0.1) is 0 Å². The van der Waals surface area contributed by atoms with Gasteiger partial charge in [-0.2, -0.15) is 0 Å². The average Bonchev–Trinajstić information content (AvgIpc) is 2.69. The Balaban J connectivity index is 1.79. The van der Waals surface area contributed by atoms with Crippen LogP contribution in [0.25, 0.3) is 0 Å². The number of benzene rings is 2. The summed E-state index contributed by atoms with van der Waals surface area (Å²) in [5.74, 6) is -0.558. The Kier molecular flexibility index (Phi) is 6.81. The molecule has 0 fully saturated rings. The van der Waals surface area contributed by atoms with Crippen LogP contribution in [0.5, 0.6) is 0 Å². The van der Waals surface area contributed by atoms with E-state index >= 15 is 0 Å². The zero-order chi connectivity index (χ0) is 20.1. The van der Waals surface area contributed by atoms with Crippen molar-refractivity contribution in [2.24, 2.45) is 0 Å². The number of rotatable bonds is 7. The molecule has 5 heteroatoms. The molecule has 1 unspecified atom stereocenters. The van der Waals surface area contributed by atoms with Crippen molar-refractivity contribution in [1.29, 1.82) is 0 Å². The summed E-state index contributed by atoms with van der Waals surface area (Å²) < 4.78 is 13.1. The summed E-state index contributed by atoms with van der Waals surface area (Å²) in [5.41, 5.74) is 3.95. The molecule has 0 bridgehead atoms. The SMILES string of the molecule is CCN(CCN(C)C)C1CCCc2ccc(NC(=O)c3ccc(F)cc3)cc21. The lowest BCUT2D eigenvalue weighted by molar-refractivity contribution is 0.102. The summed E-state index contributed by atoms with van der Waals surface area (Å²) in [6, 6.07) is 12.2. The Morgan fingerprint density at radius 2 is 1.89 bits per heavy atom. The van der Waals surface area contributed by atoms with Gasteiger partial charge < -0.3 is 10.2 Å². The second kappa shape index (κ2) is 9.30. The molecule has 0 radical (unpaired) electrons. The Morgan fingerprint density at radius 3 is 2.57 bits per heavy atom. The summed E-state index contributed by atoms with van der Waals surface area (Å²) in [4.78, 5) is 17.2. The van der Waals surface area contributed by atoms with Gasteiger partial charge in [-0.25, -0.2) is 4.39 Å². The number of fused-ring (bicyclic) bond motifs is 1. The Hall–Kier alpha value is -2.24. The van der Waals surface area contributed by atoms with E-state index in [9.17, 15) is 9.18 Å². The number of nitrogens with zero attached hydrogens (tertiary/aromatic N) is 2. The maximum atomic E-state index is 13.1. The summed E-state index contributed by atoms with van der Waals surface area (Å²) in [6.07, 6.45) is 3.42. The lowest BCUT2D eigenvalue weighted by atomic mass is 9.86. The van der Waals surface area contributed by atoms with Gasteiger partial charge in [-0.05, 0) is 87.4 Å². The highest BCUT2D eigenvalue weighted by molar-refractivity contribution is 6.04. The first-order chi connectivity index (χ1) is 13.5. The van der Waals surface area contributed by atoms with E-state index in [0.717, 1.165) is 38.2 Å². The fraction of sp³-hybridized carbons (Fsp3) is 0.435. The summed E-state index contributed by atoms with van der Waals surface area (Å²) in [5, 5.41) is 2.97. The van der Waals surface area contributed by atoms with Crippen molar-refractivity contribution in [2.75, 3.05) is 39.0 Å². The van der Waals surface area contributed by atoms with Gasteiger partial charge in [0, 0.05) is 30.4 Å². The molecule has 0 spiro atoms. The molecule has 0 saturated carbocycles. The molecule has 0 heterocycles. The van der Waals surface area contributed by atoms with E-state index in [0.29, 0.717) is 11.6 Å². The van der Waals surface area contributed by atoms with Crippen molar-refractivity contribution in [3.63, 3.8) is 0 Å². The van der Waals surface area contributed by atoms with Gasteiger partial charge in [0.2, 0.25) is 0 Å². The molecule has 2 aromatic carbocycles. The van der Waals surface area contributed by atoms with E-state index in [1.165, 1.54) is 41.8 Å². The van der Waals surface area contributed by atoms with E-state index in [2.05, 4.69) is 48.3 Å². The minimum atomic E-state index is -0.342. The molecule has 3 rings (SSSR count). The van der Waals surface area contributed by atoms with Crippen molar-refractivity contribution in [2.45, 2.75) is 32.2 Å². The van der Waals surface area contributed by atoms with Crippen LogP contribution in [0.15, 0.2) is 42.5 Å². The Labute approximate surface area is 167 Å². The van der Waals surface area contributed by atoms with E-state index in [1.807, 2.05) is 6.07 Å². The number of aryl methyl sites for hydroxylation is 1. The predicted molar refractivity (Wildman–Crippen MR) is 112 cm³/mol. The molecule has 28 heavy (non-hydrogen) atoms. The molecule has 1 aliphatic carbocycles. The molecule has 1 atom stereocenters. The molecule has 0 aliphatic heterocycles. The highest BCUT2D eigenvalue weighted by Gasteiger charge is 2.25. The fourth-order valence-corrected chi connectivity index (χ4v) is 3.90. The molecule has 1 amide bonds. The van der Waals surface area contributed by atoms with Gasteiger partial charge in [0.25, 0.3) is 5.91 Å². The molecule has 0 saturated heterocycles. The third-order valence-corrected chi connectivity index (χ3v) is 5.47. The van der Waals surface area contributed by atoms with E-state index < -0.39 is 0 Å². The Morgan fingerprint density at radius 1 is 1.14 bits per heavy atom. The average molecular weight is 384 g/mol. The van der Waals surface area contributed by atoms with Crippen LogP contribution < -0.4 is 5.32 Å². The number of hydrogen-bond acceptors (Lipinski definition) is 3. The number of nitrogens with one attached hydrogen (secondary N) is 1. The van der Waals surface area contributed by atoms with Gasteiger partial charge in [0.1, 0.15) is 5.82 Å². The molecule has 1 N–H and O–H groups in total. The molecule has 1 aliphatic rings. The highest BCUT2D eigenvalue weighted by Crippen LogP contribution is 2.35. The summed E-state index contributed by atoms with van der Waals surface area (Å²) >= 11 is 0. The number of halogens is 1. The highest BCUT2D eigenvalue weighted by atomic mass is 19.1. The number of likely N-dealkylation sites (N-methyl/N-ethyl adjacent to an activating group) is 2. The summed E-state index contributed by atoms with van der Waals surface area (Å²) in [7, 11) is 4.21. The number of hydrogen-bond donors (Lipinski definition) is 1. The minimum Gasteiger partial charge on any atom is -0.322 e. The first kappa shape index (κ1) is 20.5. The van der Waals surface area contributed by atoms with Crippen molar-refractivity contribution >= 4 is 11.6 Å². The molecule has 150 valence electrons. The topological polar surface area (TPSA) is 35.6 Å². The standard InChI is InChI=1S/C23H30FN3O/c1-4-27(15-14-26(2)3)22-7-5-6-17-10-13-20(16-21(17)22)25-23(28)18-8-11-19(24)12-9-18/h8-13,16,22H,4-7,14-15H2,1-3H3,(H,25,28). The largest absolute Gasteiger partial charge is 0.322 e. The van der Waals surface area contributed by atoms with Gasteiger partial charge in [0.15, 0.2) is 0 Å². The predicted octanol–water partition coefficient (Wildman–Crippen LogP) is 4.34. The van der Waals surface area contributed by atoms with Crippen molar-refractivity contribution in [3.8, 4) is 0 Å². The Bertz CT molecular complexity index is 804. The van der Waals surface area contributed by atoms with Crippen molar-refractivity contribution < 1.29 is 9.18 Å². The van der Waals surface area contributed by atoms with Crippen LogP contribution in [0.4, 0.5) is 10.1 Å². The van der Waals surface area contributed by atoms with Crippen LogP contribution in [0.2, 0.25) is 0 Å². The van der Waals surface area contributed by atoms with Crippen LogP contribution in [-0.4, -0.2) is 49.4 Å². The molecular formula is C23H30FN3O. The van der Waals surface area contributed by atoms with E-state index in [4.69, 9.17) is 0 Å². The monoisotopic (exact) mass is 383 g/mol. The minimum absolute atomic E-state index is 0.215. The third-order valence-electron chi connectivity index (χ3n) is 5.47. The lowest BCUT2D eigenvalue weighted by Crippen LogP contribution is -2.36. The number of anilines is 1. The molecular weight excluding hydrogens is 353 g/mol. The van der Waals surface area contributed by atoms with Crippen LogP contribution in [0, 0.1) is 5.82 Å². The zero-order valence-corrected chi connectivity index (χ0v) is 17.0. The van der Waals surface area contributed by atoms with E-state index in [1.54, 1.807) is 0 Å². The maximum Gasteiger partial charge on any atom is 0.255 e. The second-order valence-corrected chi connectivity index (χ2v) is 7.71. The normalized spacial score (nSPS) is 16.3. The number of amides is 1. The number of carbonyl (C=O) groups excluding carboxylic acids is 1. The van der Waals surface area contributed by atoms with Crippen LogP contribution in [0.1, 0.15) is 47.3 Å². The fourth-order valence-electron chi connectivity index (χ4n) is 3.90. The third kappa shape index (κ3) is 4.97. The maximum absolute atomic E-state index is 13.1. The quantitative estimate of drug-likeness (QED) is 0.773. The van der Waals surface area contributed by atoms with Gasteiger partial charge >= 0.3 is 0 Å². The molecule has 4 nitrogen and oxygen atoms in total. The van der Waals surface area contributed by atoms with Crippen molar-refractivity contribution in [3.05, 3.63) is 65.0 Å². The van der Waals surface area contributed by atoms with Crippen LogP contribution in [0.3, 0.4) is 0 Å². The van der Waals surface area contributed by atoms with Crippen LogP contribution in [-0.2, 0) is 6.42 Å². The van der Waals surface area contributed by atoms with Gasteiger partial charge in [0.05, 0.1) is 0 Å². The van der Waals surface area contributed by atoms with E-state index in [-0.39, 0.29) is 11.7 Å². The van der Waals surface area contributed by atoms with Gasteiger partial charge in [-0.3, -0.25) is 9.69 Å². The second-order valence-electron chi connectivity index (χ2n) is 7.71. The first-order valence-electron chi connectivity index (χ1n) is 10.1. The van der Waals surface area contributed by atoms with Crippen LogP contribution >= 0.6 is 0 Å².